The molecule has 1 aliphatic rings. The van der Waals surface area contributed by atoms with Crippen molar-refractivity contribution < 1.29 is 4.79 Å². The maximum atomic E-state index is 11.7. The average Bonchev–Trinajstić information content (AvgIpc) is 2.48. The second-order valence-electron chi connectivity index (χ2n) is 5.58. The second-order valence-corrected chi connectivity index (χ2v) is 5.58. The molecule has 0 saturated heterocycles. The maximum Gasteiger partial charge on any atom is 0.237 e. The van der Waals surface area contributed by atoms with Gasteiger partial charge in [0.15, 0.2) is 0 Å². The van der Waals surface area contributed by atoms with Gasteiger partial charge in [0.05, 0.1) is 11.6 Å². The standard InChI is InChI=1S/C16H23N5O/c1-10(17-3)16(22)21-14-7-12(8-14)5-6-13-9-19-11(2)20-15(13)18-4/h9-10,12,14,17H,7-8H2,1-4H3,(H,21,22)(H,18,19,20)/t10-,12?,14?/m0/s1. The van der Waals surface area contributed by atoms with Gasteiger partial charge in [0.1, 0.15) is 11.6 Å². The van der Waals surface area contributed by atoms with Gasteiger partial charge in [0, 0.05) is 25.2 Å². The molecule has 0 radical (unpaired) electrons. The highest BCUT2D eigenvalue weighted by Crippen LogP contribution is 2.27. The Bertz CT molecular complexity index is 598. The van der Waals surface area contributed by atoms with E-state index in [4.69, 9.17) is 0 Å². The summed E-state index contributed by atoms with van der Waals surface area (Å²) in [6, 6.07) is 0.0775. The van der Waals surface area contributed by atoms with E-state index in [0.717, 1.165) is 30.0 Å². The van der Waals surface area contributed by atoms with Crippen LogP contribution in [-0.2, 0) is 4.79 Å². The molecular formula is C16H23N5O. The first kappa shape index (κ1) is 16.2. The number of amides is 1. The van der Waals surface area contributed by atoms with E-state index in [2.05, 4.69) is 37.8 Å². The summed E-state index contributed by atoms with van der Waals surface area (Å²) in [5, 5.41) is 8.98. The zero-order valence-corrected chi connectivity index (χ0v) is 13.5. The fourth-order valence-corrected chi connectivity index (χ4v) is 2.24. The van der Waals surface area contributed by atoms with E-state index in [1.807, 2.05) is 20.9 Å². The Morgan fingerprint density at radius 2 is 2.14 bits per heavy atom. The third-order valence-corrected chi connectivity index (χ3v) is 3.87. The van der Waals surface area contributed by atoms with Crippen molar-refractivity contribution in [2.75, 3.05) is 19.4 Å². The van der Waals surface area contributed by atoms with Crippen molar-refractivity contribution in [3.8, 4) is 11.8 Å². The van der Waals surface area contributed by atoms with Crippen molar-refractivity contribution in [1.82, 2.24) is 20.6 Å². The molecular weight excluding hydrogens is 278 g/mol. The summed E-state index contributed by atoms with van der Waals surface area (Å²) in [7, 11) is 3.60. The summed E-state index contributed by atoms with van der Waals surface area (Å²) < 4.78 is 0. The minimum absolute atomic E-state index is 0.0447. The Balaban J connectivity index is 1.87. The predicted octanol–water partition coefficient (Wildman–Crippen LogP) is 0.681. The van der Waals surface area contributed by atoms with E-state index in [1.54, 1.807) is 13.2 Å². The molecule has 1 aromatic heterocycles. The zero-order chi connectivity index (χ0) is 16.1. The number of carbonyl (C=O) groups is 1. The van der Waals surface area contributed by atoms with Crippen LogP contribution in [0.2, 0.25) is 0 Å². The number of aromatic nitrogens is 2. The lowest BCUT2D eigenvalue weighted by Gasteiger charge is -2.33. The largest absolute Gasteiger partial charge is 0.372 e. The van der Waals surface area contributed by atoms with Gasteiger partial charge in [0.2, 0.25) is 5.91 Å². The molecule has 1 aliphatic carbocycles. The molecule has 1 amide bonds. The van der Waals surface area contributed by atoms with Gasteiger partial charge in [-0.05, 0) is 33.7 Å². The van der Waals surface area contributed by atoms with Crippen molar-refractivity contribution in [3.05, 3.63) is 17.6 Å². The van der Waals surface area contributed by atoms with Gasteiger partial charge in [-0.1, -0.05) is 11.8 Å². The van der Waals surface area contributed by atoms with Crippen molar-refractivity contribution >= 4 is 11.7 Å². The van der Waals surface area contributed by atoms with Crippen LogP contribution in [0.4, 0.5) is 5.82 Å². The summed E-state index contributed by atoms with van der Waals surface area (Å²) in [6.45, 7) is 3.70. The monoisotopic (exact) mass is 301 g/mol. The number of rotatable bonds is 4. The first-order valence-corrected chi connectivity index (χ1v) is 7.54. The van der Waals surface area contributed by atoms with E-state index in [9.17, 15) is 4.79 Å². The van der Waals surface area contributed by atoms with Crippen LogP contribution in [0.1, 0.15) is 31.2 Å². The molecule has 3 N–H and O–H groups in total. The van der Waals surface area contributed by atoms with Gasteiger partial charge in [-0.3, -0.25) is 4.79 Å². The summed E-state index contributed by atoms with van der Waals surface area (Å²) >= 11 is 0. The fourth-order valence-electron chi connectivity index (χ4n) is 2.24. The molecule has 1 aromatic rings. The highest BCUT2D eigenvalue weighted by molar-refractivity contribution is 5.81. The number of carbonyl (C=O) groups excluding carboxylic acids is 1. The van der Waals surface area contributed by atoms with Crippen molar-refractivity contribution in [3.63, 3.8) is 0 Å². The lowest BCUT2D eigenvalue weighted by Crippen LogP contribution is -2.49. The third-order valence-electron chi connectivity index (χ3n) is 3.87. The highest BCUT2D eigenvalue weighted by atomic mass is 16.2. The number of hydrogen-bond acceptors (Lipinski definition) is 5. The second kappa shape index (κ2) is 7.23. The van der Waals surface area contributed by atoms with Crippen molar-refractivity contribution in [2.45, 2.75) is 38.8 Å². The molecule has 0 unspecified atom stereocenters. The number of anilines is 1. The molecule has 0 aliphatic heterocycles. The summed E-state index contributed by atoms with van der Waals surface area (Å²) in [4.78, 5) is 20.2. The number of hydrogen-bond donors (Lipinski definition) is 3. The summed E-state index contributed by atoms with van der Waals surface area (Å²) in [6.07, 6.45) is 3.54. The van der Waals surface area contributed by atoms with Crippen molar-refractivity contribution in [2.24, 2.45) is 5.92 Å². The Morgan fingerprint density at radius 1 is 1.41 bits per heavy atom. The normalized spacial score (nSPS) is 21.1. The number of nitrogens with one attached hydrogen (secondary N) is 3. The number of aryl methyl sites for hydroxylation is 1. The topological polar surface area (TPSA) is 78.9 Å². The quantitative estimate of drug-likeness (QED) is 0.713. The van der Waals surface area contributed by atoms with Gasteiger partial charge < -0.3 is 16.0 Å². The van der Waals surface area contributed by atoms with E-state index >= 15 is 0 Å². The Labute approximate surface area is 131 Å². The van der Waals surface area contributed by atoms with Gasteiger partial charge in [0.25, 0.3) is 0 Å². The van der Waals surface area contributed by atoms with Crippen molar-refractivity contribution in [1.29, 1.82) is 0 Å². The molecule has 1 saturated carbocycles. The molecule has 1 atom stereocenters. The van der Waals surface area contributed by atoms with Gasteiger partial charge in [-0.2, -0.15) is 0 Å². The average molecular weight is 301 g/mol. The lowest BCUT2D eigenvalue weighted by molar-refractivity contribution is -0.124. The van der Waals surface area contributed by atoms with Crippen LogP contribution in [0.5, 0.6) is 0 Å². The van der Waals surface area contributed by atoms with E-state index in [-0.39, 0.29) is 18.0 Å². The fraction of sp³-hybridized carbons (Fsp3) is 0.562. The van der Waals surface area contributed by atoms with Crippen LogP contribution in [-0.4, -0.2) is 42.1 Å². The molecule has 1 fully saturated rings. The smallest absolute Gasteiger partial charge is 0.237 e. The van der Waals surface area contributed by atoms with Crippen LogP contribution in [0.25, 0.3) is 0 Å². The number of likely N-dealkylation sites (N-methyl/N-ethyl adjacent to an activating group) is 1. The third kappa shape index (κ3) is 3.95. The van der Waals surface area contributed by atoms with Crippen LogP contribution >= 0.6 is 0 Å². The van der Waals surface area contributed by atoms with Crippen LogP contribution in [0.3, 0.4) is 0 Å². The molecule has 6 nitrogen and oxygen atoms in total. The van der Waals surface area contributed by atoms with Gasteiger partial charge >= 0.3 is 0 Å². The molecule has 0 spiro atoms. The van der Waals surface area contributed by atoms with Gasteiger partial charge in [-0.25, -0.2) is 9.97 Å². The van der Waals surface area contributed by atoms with Crippen LogP contribution < -0.4 is 16.0 Å². The maximum absolute atomic E-state index is 11.7. The van der Waals surface area contributed by atoms with Gasteiger partial charge in [-0.15, -0.1) is 0 Å². The van der Waals surface area contributed by atoms with Crippen LogP contribution in [0.15, 0.2) is 6.20 Å². The zero-order valence-electron chi connectivity index (χ0n) is 13.5. The van der Waals surface area contributed by atoms with E-state index in [1.165, 1.54) is 0 Å². The highest BCUT2D eigenvalue weighted by Gasteiger charge is 2.29. The molecule has 1 heterocycles. The minimum atomic E-state index is -0.159. The Kier molecular flexibility index (Phi) is 5.34. The lowest BCUT2D eigenvalue weighted by atomic mass is 9.80. The Hall–Kier alpha value is -2.13. The minimum Gasteiger partial charge on any atom is -0.372 e. The molecule has 118 valence electrons. The summed E-state index contributed by atoms with van der Waals surface area (Å²) in [5.41, 5.74) is 0.810. The number of nitrogens with zero attached hydrogens (tertiary/aromatic N) is 2. The first-order valence-electron chi connectivity index (χ1n) is 7.54. The molecule has 0 bridgehead atoms. The summed E-state index contributed by atoms with van der Waals surface area (Å²) in [5.74, 6) is 8.22. The van der Waals surface area contributed by atoms with E-state index < -0.39 is 0 Å². The molecule has 0 aromatic carbocycles. The molecule has 2 rings (SSSR count). The first-order chi connectivity index (χ1) is 10.5. The SMILES string of the molecule is CNc1nc(C)ncc1C#CC1CC(NC(=O)[C@H](C)NC)C1. The Morgan fingerprint density at radius 3 is 2.77 bits per heavy atom. The van der Waals surface area contributed by atoms with Crippen LogP contribution in [0, 0.1) is 24.7 Å². The molecule has 22 heavy (non-hydrogen) atoms. The predicted molar refractivity (Wildman–Crippen MR) is 86.4 cm³/mol. The molecule has 6 heteroatoms. The van der Waals surface area contributed by atoms with E-state index in [0.29, 0.717) is 5.92 Å².